The van der Waals surface area contributed by atoms with E-state index in [4.69, 9.17) is 23.2 Å². The second-order valence-corrected chi connectivity index (χ2v) is 5.56. The van der Waals surface area contributed by atoms with Crippen molar-refractivity contribution in [3.63, 3.8) is 0 Å². The fourth-order valence-electron chi connectivity index (χ4n) is 1.75. The van der Waals surface area contributed by atoms with E-state index < -0.39 is 0 Å². The highest BCUT2D eigenvalue weighted by Crippen LogP contribution is 2.31. The molecule has 0 radical (unpaired) electrons. The summed E-state index contributed by atoms with van der Waals surface area (Å²) in [5, 5.41) is 14.6. The Morgan fingerprint density at radius 1 is 1.14 bits per heavy atom. The van der Waals surface area contributed by atoms with E-state index >= 15 is 0 Å². The number of aromatic nitrogens is 2. The Morgan fingerprint density at radius 3 is 2.62 bits per heavy atom. The van der Waals surface area contributed by atoms with E-state index in [1.54, 1.807) is 30.3 Å². The van der Waals surface area contributed by atoms with Crippen molar-refractivity contribution in [1.29, 1.82) is 0 Å². The lowest BCUT2D eigenvalue weighted by Gasteiger charge is -2.08. The summed E-state index contributed by atoms with van der Waals surface area (Å²) in [6.07, 6.45) is 2.07. The number of rotatable bonds is 4. The van der Waals surface area contributed by atoms with Crippen LogP contribution in [-0.2, 0) is 0 Å². The van der Waals surface area contributed by atoms with E-state index in [1.165, 1.54) is 0 Å². The Kier molecular flexibility index (Phi) is 3.94. The zero-order valence-corrected chi connectivity index (χ0v) is 12.4. The van der Waals surface area contributed by atoms with Gasteiger partial charge in [0.05, 0.1) is 15.7 Å². The van der Waals surface area contributed by atoms with Gasteiger partial charge in [-0.05, 0) is 37.1 Å². The minimum atomic E-state index is -0.197. The monoisotopic (exact) mass is 322 g/mol. The van der Waals surface area contributed by atoms with Gasteiger partial charge < -0.3 is 10.6 Å². The van der Waals surface area contributed by atoms with Gasteiger partial charge in [-0.15, -0.1) is 10.2 Å². The molecule has 0 unspecified atom stereocenters. The summed E-state index contributed by atoms with van der Waals surface area (Å²) in [5.41, 5.74) is 0.929. The molecule has 1 aliphatic rings. The minimum absolute atomic E-state index is 0.197. The lowest BCUT2D eigenvalue weighted by Crippen LogP contribution is -2.26. The molecule has 0 atom stereocenters. The second-order valence-electron chi connectivity index (χ2n) is 4.78. The van der Waals surface area contributed by atoms with Crippen molar-refractivity contribution >= 4 is 40.6 Å². The van der Waals surface area contributed by atoms with Crippen molar-refractivity contribution in [2.45, 2.75) is 18.9 Å². The van der Waals surface area contributed by atoms with Crippen LogP contribution in [0.15, 0.2) is 30.3 Å². The van der Waals surface area contributed by atoms with Crippen LogP contribution in [0.25, 0.3) is 0 Å². The van der Waals surface area contributed by atoms with Crippen LogP contribution in [0.4, 0.5) is 11.5 Å². The summed E-state index contributed by atoms with van der Waals surface area (Å²) < 4.78 is 0. The van der Waals surface area contributed by atoms with Crippen molar-refractivity contribution in [2.75, 3.05) is 5.32 Å². The van der Waals surface area contributed by atoms with Gasteiger partial charge in [-0.2, -0.15) is 0 Å². The molecular formula is C14H12Cl2N4O. The summed E-state index contributed by atoms with van der Waals surface area (Å²) in [7, 11) is 0. The molecule has 1 aromatic carbocycles. The average Bonchev–Trinajstić information content (AvgIpc) is 3.28. The second kappa shape index (κ2) is 5.87. The average molecular weight is 323 g/mol. The molecule has 5 nitrogen and oxygen atoms in total. The molecule has 0 spiro atoms. The smallest absolute Gasteiger partial charge is 0.272 e. The Hall–Kier alpha value is -1.85. The molecule has 1 aliphatic carbocycles. The van der Waals surface area contributed by atoms with Crippen LogP contribution in [0.2, 0.25) is 10.0 Å². The van der Waals surface area contributed by atoms with Gasteiger partial charge in [-0.3, -0.25) is 4.79 Å². The van der Waals surface area contributed by atoms with Gasteiger partial charge in [0.25, 0.3) is 5.91 Å². The number of amides is 1. The van der Waals surface area contributed by atoms with Crippen molar-refractivity contribution < 1.29 is 4.79 Å². The standard InChI is InChI=1S/C14H12Cl2N4O/c15-9-2-1-3-10(13(9)16)18-12-7-6-11(19-20-12)14(21)17-8-4-5-8/h1-3,6-8H,4-5H2,(H,17,21)(H,18,20). The van der Waals surface area contributed by atoms with Crippen LogP contribution >= 0.6 is 23.2 Å². The van der Waals surface area contributed by atoms with Crippen molar-refractivity contribution in [3.8, 4) is 0 Å². The van der Waals surface area contributed by atoms with Gasteiger partial charge in [0.1, 0.15) is 0 Å². The molecule has 7 heteroatoms. The van der Waals surface area contributed by atoms with Crippen LogP contribution < -0.4 is 10.6 Å². The van der Waals surface area contributed by atoms with Crippen molar-refractivity contribution in [2.24, 2.45) is 0 Å². The van der Waals surface area contributed by atoms with Gasteiger partial charge >= 0.3 is 0 Å². The predicted octanol–water partition coefficient (Wildman–Crippen LogP) is 3.42. The molecule has 0 bridgehead atoms. The Labute approximate surface area is 131 Å². The van der Waals surface area contributed by atoms with Crippen LogP contribution in [0.5, 0.6) is 0 Å². The molecule has 1 amide bonds. The van der Waals surface area contributed by atoms with Crippen molar-refractivity contribution in [1.82, 2.24) is 15.5 Å². The zero-order chi connectivity index (χ0) is 14.8. The number of nitrogens with zero attached hydrogens (tertiary/aromatic N) is 2. The summed E-state index contributed by atoms with van der Waals surface area (Å²) >= 11 is 12.0. The van der Waals surface area contributed by atoms with Gasteiger partial charge in [0, 0.05) is 6.04 Å². The molecular weight excluding hydrogens is 311 g/mol. The highest BCUT2D eigenvalue weighted by Gasteiger charge is 2.24. The van der Waals surface area contributed by atoms with E-state index in [0.717, 1.165) is 12.8 Å². The summed E-state index contributed by atoms with van der Waals surface area (Å²) in [5.74, 6) is 0.291. The van der Waals surface area contributed by atoms with Gasteiger partial charge in [-0.25, -0.2) is 0 Å². The fraction of sp³-hybridized carbons (Fsp3) is 0.214. The maximum atomic E-state index is 11.8. The molecule has 1 fully saturated rings. The molecule has 2 N–H and O–H groups in total. The van der Waals surface area contributed by atoms with Crippen LogP contribution in [-0.4, -0.2) is 22.1 Å². The third-order valence-electron chi connectivity index (χ3n) is 3.02. The first kappa shape index (κ1) is 14.1. The largest absolute Gasteiger partial charge is 0.348 e. The molecule has 2 aromatic rings. The Morgan fingerprint density at radius 2 is 1.95 bits per heavy atom. The van der Waals surface area contributed by atoms with Crippen LogP contribution in [0, 0.1) is 0 Å². The number of anilines is 2. The van der Waals surface area contributed by atoms with Crippen LogP contribution in [0.3, 0.4) is 0 Å². The summed E-state index contributed by atoms with van der Waals surface area (Å²) in [6.45, 7) is 0. The van der Waals surface area contributed by atoms with Crippen molar-refractivity contribution in [3.05, 3.63) is 46.1 Å². The third kappa shape index (κ3) is 3.43. The normalized spacial score (nSPS) is 13.8. The van der Waals surface area contributed by atoms with Gasteiger partial charge in [-0.1, -0.05) is 29.3 Å². The summed E-state index contributed by atoms with van der Waals surface area (Å²) in [4.78, 5) is 11.8. The number of benzene rings is 1. The van der Waals surface area contributed by atoms with E-state index in [1.807, 2.05) is 0 Å². The number of carbonyl (C=O) groups excluding carboxylic acids is 1. The molecule has 0 saturated heterocycles. The lowest BCUT2D eigenvalue weighted by atomic mass is 10.3. The van der Waals surface area contributed by atoms with E-state index in [-0.39, 0.29) is 5.91 Å². The highest BCUT2D eigenvalue weighted by atomic mass is 35.5. The summed E-state index contributed by atoms with van der Waals surface area (Å²) in [6, 6.07) is 8.84. The fourth-order valence-corrected chi connectivity index (χ4v) is 2.09. The SMILES string of the molecule is O=C(NC1CC1)c1ccc(Nc2cccc(Cl)c2Cl)nn1. The molecule has 3 rings (SSSR count). The Balaban J connectivity index is 1.71. The first-order valence-electron chi connectivity index (χ1n) is 6.49. The number of halogens is 2. The predicted molar refractivity (Wildman–Crippen MR) is 82.3 cm³/mol. The molecule has 108 valence electrons. The maximum absolute atomic E-state index is 11.8. The molecule has 1 heterocycles. The third-order valence-corrected chi connectivity index (χ3v) is 3.84. The number of nitrogens with one attached hydrogen (secondary N) is 2. The first-order chi connectivity index (χ1) is 10.1. The molecule has 1 aromatic heterocycles. The van der Waals surface area contributed by atoms with E-state index in [2.05, 4.69) is 20.8 Å². The first-order valence-corrected chi connectivity index (χ1v) is 7.25. The van der Waals surface area contributed by atoms with E-state index in [0.29, 0.717) is 33.3 Å². The van der Waals surface area contributed by atoms with Gasteiger partial charge in [0.15, 0.2) is 11.5 Å². The topological polar surface area (TPSA) is 66.9 Å². The zero-order valence-electron chi connectivity index (χ0n) is 10.9. The van der Waals surface area contributed by atoms with E-state index in [9.17, 15) is 4.79 Å². The maximum Gasteiger partial charge on any atom is 0.272 e. The highest BCUT2D eigenvalue weighted by molar-refractivity contribution is 6.43. The number of carbonyl (C=O) groups is 1. The quantitative estimate of drug-likeness (QED) is 0.905. The minimum Gasteiger partial charge on any atom is -0.348 e. The Bertz CT molecular complexity index is 671. The number of hydrogen-bond acceptors (Lipinski definition) is 4. The molecule has 0 aliphatic heterocycles. The number of hydrogen-bond donors (Lipinski definition) is 2. The molecule has 1 saturated carbocycles. The van der Waals surface area contributed by atoms with Gasteiger partial charge in [0.2, 0.25) is 0 Å². The molecule has 21 heavy (non-hydrogen) atoms. The lowest BCUT2D eigenvalue weighted by molar-refractivity contribution is 0.0945. The van der Waals surface area contributed by atoms with Crippen LogP contribution in [0.1, 0.15) is 23.3 Å².